The van der Waals surface area contributed by atoms with Gasteiger partial charge in [-0.15, -0.1) is 0 Å². The third-order valence-corrected chi connectivity index (χ3v) is 1.13. The molecule has 103 valence electrons. The van der Waals surface area contributed by atoms with Crippen LogP contribution >= 0.6 is 0 Å². The van der Waals surface area contributed by atoms with Gasteiger partial charge in [-0.1, -0.05) is 13.3 Å². The molecule has 0 saturated carbocycles. The van der Waals surface area contributed by atoms with Crippen LogP contribution in [0.5, 0.6) is 0 Å². The molecule has 0 fully saturated rings. The Labute approximate surface area is 123 Å². The van der Waals surface area contributed by atoms with Crippen molar-refractivity contribution < 1.29 is 29.1 Å². The van der Waals surface area contributed by atoms with Crippen molar-refractivity contribution in [2.45, 2.75) is 40.5 Å². The van der Waals surface area contributed by atoms with Crippen molar-refractivity contribution in [2.75, 3.05) is 0 Å². The zero-order valence-corrected chi connectivity index (χ0v) is 13.1. The monoisotopic (exact) mass is 339 g/mol. The third-order valence-electron chi connectivity index (χ3n) is 1.13. The normalized spacial score (nSPS) is 7.17. The summed E-state index contributed by atoms with van der Waals surface area (Å²) in [6.07, 6.45) is 3.87. The largest absolute Gasteiger partial charge is 3.00 e. The minimum atomic E-state index is 0. The van der Waals surface area contributed by atoms with E-state index in [1.54, 1.807) is 6.20 Å². The summed E-state index contributed by atoms with van der Waals surface area (Å²) in [4.78, 5) is 15.5. The molecule has 0 spiro atoms. The molecular weight excluding hydrogens is 317 g/mol. The van der Waals surface area contributed by atoms with Crippen LogP contribution in [-0.2, 0) is 35.5 Å². The van der Waals surface area contributed by atoms with Crippen molar-refractivity contribution in [1.82, 2.24) is 10.2 Å². The van der Waals surface area contributed by atoms with Gasteiger partial charge >= 0.3 is 19.5 Å². The molecule has 0 saturated heterocycles. The standard InChI is InChI=1S/C7H10N2.C4H9.2CHO.Ru/c1-2-4-7-5-3-6-8-9-7;1-4(2)3;2*1-2;/h3,5-6H,2,4H2,1H3;1-3H3;2*1H;/q;3*-1;+3. The molecule has 4 nitrogen and oxygen atoms in total. The first-order valence-corrected chi connectivity index (χ1v) is 5.17. The van der Waals surface area contributed by atoms with Gasteiger partial charge in [0.15, 0.2) is 0 Å². The Morgan fingerprint density at radius 3 is 1.89 bits per heavy atom. The van der Waals surface area contributed by atoms with Gasteiger partial charge in [-0.25, -0.2) is 0 Å². The third kappa shape index (κ3) is 29.4. The molecule has 1 heterocycles. The van der Waals surface area contributed by atoms with E-state index in [0.29, 0.717) is 0 Å². The van der Waals surface area contributed by atoms with Gasteiger partial charge in [0, 0.05) is 6.20 Å². The Balaban J connectivity index is -0.0000000937. The predicted molar refractivity (Wildman–Crippen MR) is 69.8 cm³/mol. The van der Waals surface area contributed by atoms with Gasteiger partial charge < -0.3 is 15.5 Å². The first-order valence-electron chi connectivity index (χ1n) is 5.17. The molecule has 1 radical (unpaired) electrons. The van der Waals surface area contributed by atoms with Gasteiger partial charge in [0.05, 0.1) is 5.69 Å². The molecule has 0 aliphatic carbocycles. The van der Waals surface area contributed by atoms with Crippen LogP contribution in [-0.4, -0.2) is 23.8 Å². The van der Waals surface area contributed by atoms with Crippen LogP contribution in [0, 0.1) is 5.92 Å². The summed E-state index contributed by atoms with van der Waals surface area (Å²) in [5.41, 5.74) is 1.08. The van der Waals surface area contributed by atoms with E-state index in [2.05, 4.69) is 51.5 Å². The SMILES string of the molecule is CCCc1cccnn1.C[C-](C)C.[CH-]=O.[CH-]=O.[Ru+3]. The van der Waals surface area contributed by atoms with Gasteiger partial charge in [0.2, 0.25) is 0 Å². The molecule has 0 bridgehead atoms. The average molecular weight is 338 g/mol. The summed E-state index contributed by atoms with van der Waals surface area (Å²) in [5.74, 6) is 1.42. The molecule has 0 aromatic carbocycles. The van der Waals surface area contributed by atoms with Crippen LogP contribution in [0.15, 0.2) is 18.3 Å². The number of hydrogen-bond donors (Lipinski definition) is 0. The topological polar surface area (TPSA) is 59.9 Å². The summed E-state index contributed by atoms with van der Waals surface area (Å²) < 4.78 is 0. The predicted octanol–water partition coefficient (Wildman–Crippen LogP) is 2.50. The van der Waals surface area contributed by atoms with Crippen molar-refractivity contribution >= 4 is 13.6 Å². The Kier molecular flexibility index (Phi) is 35.9. The maximum absolute atomic E-state index is 7.75. The fraction of sp³-hybridized carbons (Fsp3) is 0.462. The maximum Gasteiger partial charge on any atom is 3.00 e. The van der Waals surface area contributed by atoms with Crippen LogP contribution in [0.25, 0.3) is 0 Å². The Morgan fingerprint density at radius 1 is 1.17 bits per heavy atom. The number of carbonyl (C=O) groups excluding carboxylic acids is 2. The molecule has 1 aromatic heterocycles. The summed E-state index contributed by atoms with van der Waals surface area (Å²) in [6, 6.07) is 3.91. The van der Waals surface area contributed by atoms with Crippen LogP contribution in [0.1, 0.15) is 39.8 Å². The number of nitrogens with zero attached hydrogens (tertiary/aromatic N) is 2. The molecule has 0 N–H and O–H groups in total. The average Bonchev–Trinajstić information content (AvgIpc) is 2.35. The van der Waals surface area contributed by atoms with Crippen molar-refractivity contribution in [3.8, 4) is 0 Å². The first kappa shape index (κ1) is 25.8. The van der Waals surface area contributed by atoms with Gasteiger partial charge in [-0.05, 0) is 18.6 Å². The van der Waals surface area contributed by atoms with Crippen LogP contribution in [0.3, 0.4) is 0 Å². The van der Waals surface area contributed by atoms with Gasteiger partial charge in [0.1, 0.15) is 0 Å². The van der Waals surface area contributed by atoms with Crippen LogP contribution in [0.2, 0.25) is 0 Å². The summed E-state index contributed by atoms with van der Waals surface area (Å²) in [6.45, 7) is 14.9. The first-order chi connectivity index (χ1) is 8.16. The summed E-state index contributed by atoms with van der Waals surface area (Å²) >= 11 is 0. The molecule has 0 aliphatic heterocycles. The van der Waals surface area contributed by atoms with Crippen molar-refractivity contribution in [1.29, 1.82) is 0 Å². The van der Waals surface area contributed by atoms with Crippen molar-refractivity contribution in [3.63, 3.8) is 0 Å². The summed E-state index contributed by atoms with van der Waals surface area (Å²) in [7, 11) is 0. The zero-order valence-electron chi connectivity index (χ0n) is 11.4. The van der Waals surface area contributed by atoms with E-state index in [1.165, 1.54) is 5.92 Å². The van der Waals surface area contributed by atoms with Crippen molar-refractivity contribution in [2.24, 2.45) is 0 Å². The fourth-order valence-electron chi connectivity index (χ4n) is 0.723. The molecule has 18 heavy (non-hydrogen) atoms. The Hall–Kier alpha value is -0.957. The van der Waals surface area contributed by atoms with E-state index in [-0.39, 0.29) is 19.5 Å². The maximum atomic E-state index is 7.75. The van der Waals surface area contributed by atoms with Gasteiger partial charge in [-0.2, -0.15) is 31.0 Å². The van der Waals surface area contributed by atoms with Gasteiger partial charge in [-0.3, -0.25) is 13.6 Å². The van der Waals surface area contributed by atoms with Crippen LogP contribution < -0.4 is 0 Å². The van der Waals surface area contributed by atoms with E-state index in [9.17, 15) is 0 Å². The van der Waals surface area contributed by atoms with E-state index in [0.717, 1.165) is 18.5 Å². The zero-order chi connectivity index (χ0) is 14.1. The fourth-order valence-corrected chi connectivity index (χ4v) is 0.723. The minimum absolute atomic E-state index is 0. The molecule has 0 unspecified atom stereocenters. The van der Waals surface area contributed by atoms with E-state index >= 15 is 0 Å². The minimum Gasteiger partial charge on any atom is -0.545 e. The van der Waals surface area contributed by atoms with E-state index in [4.69, 9.17) is 9.59 Å². The van der Waals surface area contributed by atoms with Gasteiger partial charge in [0.25, 0.3) is 0 Å². The molecular formula is C13H21N2O2Ru. The second-order valence-corrected chi connectivity index (χ2v) is 3.46. The second-order valence-electron chi connectivity index (χ2n) is 3.46. The molecule has 0 aliphatic rings. The van der Waals surface area contributed by atoms with E-state index < -0.39 is 0 Å². The molecule has 0 amide bonds. The van der Waals surface area contributed by atoms with Crippen LogP contribution in [0.4, 0.5) is 0 Å². The number of hydrogen-bond acceptors (Lipinski definition) is 4. The number of aromatic nitrogens is 2. The Morgan fingerprint density at radius 2 is 1.61 bits per heavy atom. The van der Waals surface area contributed by atoms with Crippen molar-refractivity contribution in [3.05, 3.63) is 29.9 Å². The molecule has 0 atom stereocenters. The number of rotatable bonds is 2. The smallest absolute Gasteiger partial charge is 0.545 e. The second kappa shape index (κ2) is 25.0. The molecule has 1 aromatic rings. The number of aryl methyl sites for hydroxylation is 1. The van der Waals surface area contributed by atoms with E-state index in [1.807, 2.05) is 12.1 Å². The quantitative estimate of drug-likeness (QED) is 0.472. The summed E-state index contributed by atoms with van der Waals surface area (Å²) in [5, 5.41) is 7.67. The molecule has 1 rings (SSSR count). The molecule has 5 heteroatoms. The Bertz CT molecular complexity index is 229.